The summed E-state index contributed by atoms with van der Waals surface area (Å²) in [5.74, 6) is 1.01. The molecule has 0 bridgehead atoms. The third kappa shape index (κ3) is 5.90. The first-order chi connectivity index (χ1) is 19.7. The number of nitrogens with zero attached hydrogens (tertiary/aromatic N) is 4. The topological polar surface area (TPSA) is 129 Å². The van der Waals surface area contributed by atoms with Gasteiger partial charge in [-0.2, -0.15) is 4.98 Å². The molecule has 1 saturated carbocycles. The van der Waals surface area contributed by atoms with Gasteiger partial charge < -0.3 is 20.6 Å². The van der Waals surface area contributed by atoms with Gasteiger partial charge in [0.1, 0.15) is 5.65 Å². The fourth-order valence-corrected chi connectivity index (χ4v) is 8.55. The fraction of sp³-hybridized carbons (Fsp3) is 0.567. The quantitative estimate of drug-likeness (QED) is 0.386. The Morgan fingerprint density at radius 1 is 1.05 bits per heavy atom. The summed E-state index contributed by atoms with van der Waals surface area (Å²) < 4.78 is 28.4. The average molecular weight is 581 g/mol. The number of aliphatic hydroxyl groups is 1. The maximum atomic E-state index is 13.4. The highest BCUT2D eigenvalue weighted by molar-refractivity contribution is 7.92. The van der Waals surface area contributed by atoms with Crippen LogP contribution in [0.4, 0.5) is 11.6 Å². The summed E-state index contributed by atoms with van der Waals surface area (Å²) in [5, 5.41) is 17.8. The molecule has 3 aliphatic rings. The number of rotatable bonds is 7. The molecule has 41 heavy (non-hydrogen) atoms. The van der Waals surface area contributed by atoms with Crippen molar-refractivity contribution in [3.63, 3.8) is 0 Å². The van der Waals surface area contributed by atoms with Crippen LogP contribution in [0.25, 0.3) is 11.0 Å². The molecule has 2 aromatic heterocycles. The van der Waals surface area contributed by atoms with Crippen molar-refractivity contribution in [2.75, 3.05) is 38.0 Å². The number of sulfone groups is 1. The van der Waals surface area contributed by atoms with Gasteiger partial charge in [0.25, 0.3) is 5.56 Å². The number of hydrogen-bond acceptors (Lipinski definition) is 9. The van der Waals surface area contributed by atoms with Crippen LogP contribution in [0.1, 0.15) is 57.9 Å². The highest BCUT2D eigenvalue weighted by atomic mass is 32.2. The van der Waals surface area contributed by atoms with E-state index in [1.54, 1.807) is 48.0 Å². The van der Waals surface area contributed by atoms with E-state index in [1.807, 2.05) is 0 Å². The second kappa shape index (κ2) is 11.4. The van der Waals surface area contributed by atoms with Crippen molar-refractivity contribution in [3.8, 4) is 0 Å². The van der Waals surface area contributed by atoms with Crippen LogP contribution in [0.15, 0.2) is 52.3 Å². The number of nitrogens with one attached hydrogen (secondary N) is 2. The predicted molar refractivity (Wildman–Crippen MR) is 159 cm³/mol. The van der Waals surface area contributed by atoms with Gasteiger partial charge in [-0.15, -0.1) is 0 Å². The number of pyridine rings is 1. The lowest BCUT2D eigenvalue weighted by Gasteiger charge is -2.35. The van der Waals surface area contributed by atoms with Crippen LogP contribution in [0, 0.1) is 5.92 Å². The summed E-state index contributed by atoms with van der Waals surface area (Å²) in [6.45, 7) is 6.66. The summed E-state index contributed by atoms with van der Waals surface area (Å²) in [7, 11) is -3.43. The summed E-state index contributed by atoms with van der Waals surface area (Å²) in [4.78, 5) is 24.7. The molecule has 3 fully saturated rings. The Morgan fingerprint density at radius 2 is 1.78 bits per heavy atom. The Bertz CT molecular complexity index is 1540. The van der Waals surface area contributed by atoms with Crippen molar-refractivity contribution in [1.82, 2.24) is 24.8 Å². The van der Waals surface area contributed by atoms with Crippen LogP contribution in [0.2, 0.25) is 0 Å². The van der Waals surface area contributed by atoms with Gasteiger partial charge in [0.05, 0.1) is 21.8 Å². The summed E-state index contributed by atoms with van der Waals surface area (Å²) in [5.41, 5.74) is -0.0755. The zero-order valence-corrected chi connectivity index (χ0v) is 24.4. The lowest BCUT2D eigenvalue weighted by Crippen LogP contribution is -2.43. The highest BCUT2D eigenvalue weighted by Crippen LogP contribution is 2.39. The Labute approximate surface area is 241 Å². The van der Waals surface area contributed by atoms with Crippen LogP contribution in [0.5, 0.6) is 0 Å². The normalized spacial score (nSPS) is 25.1. The number of piperidine rings is 2. The minimum Gasteiger partial charge on any atom is -0.388 e. The minimum atomic E-state index is -3.43. The molecular formula is C30H40N6O4S. The highest BCUT2D eigenvalue weighted by Gasteiger charge is 2.39. The molecule has 2 saturated heterocycles. The Hall–Kier alpha value is -2.86. The molecule has 3 N–H and O–H groups in total. The molecule has 0 radical (unpaired) electrons. The predicted octanol–water partition coefficient (Wildman–Crippen LogP) is 3.25. The Kier molecular flexibility index (Phi) is 7.88. The summed E-state index contributed by atoms with van der Waals surface area (Å²) in [6.07, 6.45) is 7.54. The molecule has 2 aliphatic heterocycles. The molecule has 10 nitrogen and oxygen atoms in total. The third-order valence-electron chi connectivity index (χ3n) is 9.24. The monoisotopic (exact) mass is 580 g/mol. The van der Waals surface area contributed by atoms with E-state index in [1.165, 1.54) is 18.9 Å². The molecule has 6 rings (SSSR count). The first-order valence-corrected chi connectivity index (χ1v) is 16.4. The lowest BCUT2D eigenvalue weighted by atomic mass is 9.96. The van der Waals surface area contributed by atoms with E-state index in [4.69, 9.17) is 0 Å². The van der Waals surface area contributed by atoms with Crippen molar-refractivity contribution in [2.45, 2.75) is 73.7 Å². The smallest absolute Gasteiger partial charge is 0.252 e. The second-order valence-electron chi connectivity index (χ2n) is 12.2. The number of fused-ring (bicyclic) bond motifs is 1. The molecule has 4 heterocycles. The number of likely N-dealkylation sites (tertiary alicyclic amines) is 1. The van der Waals surface area contributed by atoms with Crippen LogP contribution in [-0.2, 0) is 9.84 Å². The first kappa shape index (κ1) is 28.3. The van der Waals surface area contributed by atoms with E-state index in [-0.39, 0.29) is 16.9 Å². The van der Waals surface area contributed by atoms with Crippen molar-refractivity contribution in [3.05, 3.63) is 52.9 Å². The van der Waals surface area contributed by atoms with Crippen LogP contribution in [0.3, 0.4) is 0 Å². The molecule has 1 aromatic carbocycles. The van der Waals surface area contributed by atoms with Gasteiger partial charge in [0, 0.05) is 29.9 Å². The van der Waals surface area contributed by atoms with Crippen LogP contribution >= 0.6 is 0 Å². The maximum absolute atomic E-state index is 13.4. The molecular weight excluding hydrogens is 540 g/mol. The molecule has 0 spiro atoms. The molecule has 1 aliphatic carbocycles. The average Bonchev–Trinajstić information content (AvgIpc) is 3.32. The van der Waals surface area contributed by atoms with Gasteiger partial charge >= 0.3 is 0 Å². The van der Waals surface area contributed by atoms with Gasteiger partial charge in [-0.25, -0.2) is 13.4 Å². The number of benzene rings is 1. The zero-order chi connectivity index (χ0) is 28.6. The Balaban J connectivity index is 1.14. The Morgan fingerprint density at radius 3 is 2.46 bits per heavy atom. The van der Waals surface area contributed by atoms with E-state index in [2.05, 4.69) is 25.5 Å². The molecule has 2 unspecified atom stereocenters. The largest absolute Gasteiger partial charge is 0.388 e. The zero-order valence-electron chi connectivity index (χ0n) is 23.6. The molecule has 0 amide bonds. The van der Waals surface area contributed by atoms with Gasteiger partial charge in [-0.05, 0) is 114 Å². The van der Waals surface area contributed by atoms with Crippen molar-refractivity contribution < 1.29 is 13.5 Å². The number of aromatic nitrogens is 3. The SMILES string of the molecule is CC1(O)CCCC1n1c(=O)ccc2cnc(Nc3ccc(S(=O)(=O)C4CCN(CC5CCNCC5)CC4)cc3)nc21. The third-order valence-corrected chi connectivity index (χ3v) is 11.5. The van der Waals surface area contributed by atoms with Gasteiger partial charge in [0.15, 0.2) is 9.84 Å². The first-order valence-electron chi connectivity index (χ1n) is 14.9. The minimum absolute atomic E-state index is 0.207. The molecule has 11 heteroatoms. The van der Waals surface area contributed by atoms with Gasteiger partial charge in [-0.3, -0.25) is 9.36 Å². The van der Waals surface area contributed by atoms with Crippen LogP contribution < -0.4 is 16.2 Å². The van der Waals surface area contributed by atoms with Crippen LogP contribution in [-0.4, -0.2) is 76.5 Å². The van der Waals surface area contributed by atoms with E-state index < -0.39 is 15.4 Å². The van der Waals surface area contributed by atoms with E-state index in [0.717, 1.165) is 39.1 Å². The number of anilines is 2. The second-order valence-corrected chi connectivity index (χ2v) is 14.4. The summed E-state index contributed by atoms with van der Waals surface area (Å²) >= 11 is 0. The van der Waals surface area contributed by atoms with Crippen molar-refractivity contribution in [1.29, 1.82) is 0 Å². The van der Waals surface area contributed by atoms with E-state index in [9.17, 15) is 18.3 Å². The molecule has 220 valence electrons. The lowest BCUT2D eigenvalue weighted by molar-refractivity contribution is 0.0267. The number of hydrogen-bond donors (Lipinski definition) is 3. The van der Waals surface area contributed by atoms with Crippen molar-refractivity contribution >= 4 is 32.5 Å². The van der Waals surface area contributed by atoms with E-state index in [0.29, 0.717) is 59.2 Å². The van der Waals surface area contributed by atoms with Crippen molar-refractivity contribution in [2.24, 2.45) is 5.92 Å². The van der Waals surface area contributed by atoms with E-state index >= 15 is 0 Å². The fourth-order valence-electron chi connectivity index (χ4n) is 6.82. The van der Waals surface area contributed by atoms with Gasteiger partial charge in [0.2, 0.25) is 5.95 Å². The van der Waals surface area contributed by atoms with Gasteiger partial charge in [-0.1, -0.05) is 0 Å². The maximum Gasteiger partial charge on any atom is 0.252 e. The standard InChI is InChI=1S/C30H40N6O4S/c1-30(38)14-2-3-26(30)36-27(37)9-4-22-19-32-29(34-28(22)36)33-23-5-7-24(8-6-23)41(39,40)25-12-17-35(18-13-25)20-21-10-15-31-16-11-21/h4-9,19,21,25-26,31,38H,2-3,10-18,20H2,1H3,(H,32,33,34). The molecule has 2 atom stereocenters. The molecule has 3 aromatic rings. The summed E-state index contributed by atoms with van der Waals surface area (Å²) in [6, 6.07) is 9.57.